The average molecular weight is 469 g/mol. The number of alkyl halides is 5. The van der Waals surface area contributed by atoms with Gasteiger partial charge in [-0.25, -0.2) is 0 Å². The maximum absolute atomic E-state index is 13.2. The summed E-state index contributed by atoms with van der Waals surface area (Å²) in [6, 6.07) is 4.13. The molecule has 1 aromatic carbocycles. The van der Waals surface area contributed by atoms with Crippen molar-refractivity contribution in [3.8, 4) is 17.0 Å². The van der Waals surface area contributed by atoms with Gasteiger partial charge >= 0.3 is 18.9 Å². The lowest BCUT2D eigenvalue weighted by Gasteiger charge is -2.28. The molecule has 0 radical (unpaired) electrons. The maximum atomic E-state index is 13.2. The Hall–Kier alpha value is -2.45. The molecule has 1 aromatic heterocycles. The molecule has 2 aromatic rings. The van der Waals surface area contributed by atoms with Crippen LogP contribution >= 0.6 is 11.6 Å². The Balaban J connectivity index is 0.00000151. The van der Waals surface area contributed by atoms with E-state index in [4.69, 9.17) is 21.2 Å². The normalized spacial score (nSPS) is 11.7. The minimum atomic E-state index is -4.43. The molecule has 0 atom stereocenters. The highest BCUT2D eigenvalue weighted by Gasteiger charge is 2.47. The fourth-order valence-corrected chi connectivity index (χ4v) is 3.25. The second-order valence-electron chi connectivity index (χ2n) is 7.13. The van der Waals surface area contributed by atoms with E-state index < -0.39 is 18.2 Å². The number of rotatable bonds is 7. The van der Waals surface area contributed by atoms with Gasteiger partial charge in [0.25, 0.3) is 0 Å². The smallest absolute Gasteiger partial charge is 0.394 e. The molecule has 0 aliphatic heterocycles. The fourth-order valence-electron chi connectivity index (χ4n) is 2.88. The number of hydrogen-bond donors (Lipinski definition) is 0. The molecule has 0 N–H and O–H groups in total. The van der Waals surface area contributed by atoms with Crippen LogP contribution in [0.25, 0.3) is 11.3 Å². The molecule has 31 heavy (non-hydrogen) atoms. The third-order valence-corrected chi connectivity index (χ3v) is 4.92. The van der Waals surface area contributed by atoms with Crippen LogP contribution in [-0.2, 0) is 29.0 Å². The molecule has 0 amide bonds. The number of ether oxygens (including phenoxy) is 1. The first-order chi connectivity index (χ1) is 14.3. The van der Waals surface area contributed by atoms with Crippen LogP contribution in [0.2, 0.25) is 5.02 Å². The highest BCUT2D eigenvalue weighted by atomic mass is 35.5. The Morgan fingerprint density at radius 2 is 1.77 bits per heavy atom. The van der Waals surface area contributed by atoms with Crippen molar-refractivity contribution in [3.05, 3.63) is 34.5 Å². The summed E-state index contributed by atoms with van der Waals surface area (Å²) in [5, 5.41) is 4.66. The molecular weight excluding hydrogens is 447 g/mol. The van der Waals surface area contributed by atoms with Crippen LogP contribution < -0.4 is 4.74 Å². The maximum Gasteiger partial charge on any atom is 0.394 e. The zero-order valence-electron chi connectivity index (χ0n) is 17.3. The van der Waals surface area contributed by atoms with Gasteiger partial charge in [0.15, 0.2) is 0 Å². The molecule has 11 heteroatoms. The number of hydrogen-bond acceptors (Lipinski definition) is 4. The van der Waals surface area contributed by atoms with E-state index >= 15 is 0 Å². The largest absolute Gasteiger partial charge is 0.434 e. The molecule has 0 bridgehead atoms. The first kappa shape index (κ1) is 26.6. The second kappa shape index (κ2) is 10.7. The summed E-state index contributed by atoms with van der Waals surface area (Å²) in [6.07, 6.45) is -4.02. The van der Waals surface area contributed by atoms with Gasteiger partial charge < -0.3 is 4.74 Å². The predicted octanol–water partition coefficient (Wildman–Crippen LogP) is 5.93. The average Bonchev–Trinajstić information content (AvgIpc) is 2.96. The number of aryl methyl sites for hydroxylation is 2. The van der Waals surface area contributed by atoms with Gasteiger partial charge in [0.2, 0.25) is 0 Å². The van der Waals surface area contributed by atoms with Gasteiger partial charge in [-0.2, -0.15) is 36.6 Å². The lowest BCUT2D eigenvalue weighted by Crippen LogP contribution is -2.34. The molecule has 1 heterocycles. The molecule has 0 fully saturated rings. The molecule has 0 unspecified atom stereocenters. The monoisotopic (exact) mass is 468 g/mol. The number of nitrogens with zero attached hydrogens (tertiary/aromatic N) is 2. The van der Waals surface area contributed by atoms with Gasteiger partial charge in [-0.1, -0.05) is 38.4 Å². The van der Waals surface area contributed by atoms with E-state index in [0.717, 1.165) is 13.8 Å². The van der Waals surface area contributed by atoms with Crippen LogP contribution in [-0.4, -0.2) is 28.7 Å². The van der Waals surface area contributed by atoms with Crippen molar-refractivity contribution >= 4 is 17.8 Å². The van der Waals surface area contributed by atoms with E-state index in [1.807, 2.05) is 13.8 Å². The molecular formula is C20H22ClF5N2O3. The van der Waals surface area contributed by atoms with Gasteiger partial charge in [-0.3, -0.25) is 4.68 Å². The van der Waals surface area contributed by atoms with Gasteiger partial charge in [0.05, 0.1) is 21.8 Å². The summed E-state index contributed by atoms with van der Waals surface area (Å²) < 4.78 is 71.7. The van der Waals surface area contributed by atoms with Gasteiger partial charge in [-0.15, -0.1) is 0 Å². The Bertz CT molecular complexity index is 920. The SMILES string of the molecule is CCc1nn(CC)c(-c2ccc(CC(C)(C)C(F)(F)F)cc2OC(F)F)c1Cl.O=C=O. The molecule has 0 spiro atoms. The van der Waals surface area contributed by atoms with Crippen molar-refractivity contribution in [1.82, 2.24) is 9.78 Å². The number of benzene rings is 1. The summed E-state index contributed by atoms with van der Waals surface area (Å²) in [6.45, 7) is 3.10. The van der Waals surface area contributed by atoms with Crippen LogP contribution in [0.5, 0.6) is 5.75 Å². The summed E-state index contributed by atoms with van der Waals surface area (Å²) in [4.78, 5) is 16.2. The molecule has 0 saturated carbocycles. The molecule has 0 saturated heterocycles. The van der Waals surface area contributed by atoms with Crippen molar-refractivity contribution < 1.29 is 36.3 Å². The van der Waals surface area contributed by atoms with Crippen molar-refractivity contribution in [3.63, 3.8) is 0 Å². The highest BCUT2D eigenvalue weighted by Crippen LogP contribution is 2.43. The van der Waals surface area contributed by atoms with E-state index in [1.165, 1.54) is 18.2 Å². The van der Waals surface area contributed by atoms with Crippen LogP contribution in [0.1, 0.15) is 39.0 Å². The Morgan fingerprint density at radius 1 is 1.19 bits per heavy atom. The summed E-state index contributed by atoms with van der Waals surface area (Å²) >= 11 is 6.38. The van der Waals surface area contributed by atoms with E-state index in [0.29, 0.717) is 29.4 Å². The first-order valence-electron chi connectivity index (χ1n) is 9.22. The minimum absolute atomic E-state index is 0.232. The van der Waals surface area contributed by atoms with Crippen LogP contribution in [0, 0.1) is 5.41 Å². The molecule has 2 rings (SSSR count). The van der Waals surface area contributed by atoms with Gasteiger partial charge in [0, 0.05) is 12.1 Å². The van der Waals surface area contributed by atoms with Gasteiger partial charge in [-0.05, 0) is 37.5 Å². The third kappa shape index (κ3) is 6.51. The molecule has 5 nitrogen and oxygen atoms in total. The van der Waals surface area contributed by atoms with E-state index in [2.05, 4.69) is 9.84 Å². The standard InChI is InChI=1S/C19H22ClF5N2O.CO2/c1-5-13-15(20)16(27(6-2)26-13)12-8-7-11(9-14(12)28-17(21)22)10-18(3,4)19(23,24)25;2-1-3/h7-9,17H,5-6,10H2,1-4H3;. The van der Waals surface area contributed by atoms with Crippen LogP contribution in [0.4, 0.5) is 22.0 Å². The van der Waals surface area contributed by atoms with Crippen LogP contribution in [0.15, 0.2) is 18.2 Å². The van der Waals surface area contributed by atoms with Crippen molar-refractivity contribution in [2.24, 2.45) is 5.41 Å². The zero-order chi connectivity index (χ0) is 24.0. The predicted molar refractivity (Wildman–Crippen MR) is 103 cm³/mol. The summed E-state index contributed by atoms with van der Waals surface area (Å²) in [5.74, 6) is -0.232. The van der Waals surface area contributed by atoms with Crippen molar-refractivity contribution in [1.29, 1.82) is 0 Å². The van der Waals surface area contributed by atoms with E-state index in [-0.39, 0.29) is 29.4 Å². The van der Waals surface area contributed by atoms with E-state index in [1.54, 1.807) is 4.68 Å². The van der Waals surface area contributed by atoms with Gasteiger partial charge in [0.1, 0.15) is 5.75 Å². The fraction of sp³-hybridized carbons (Fsp3) is 0.500. The Morgan fingerprint density at radius 3 is 2.23 bits per heavy atom. The van der Waals surface area contributed by atoms with E-state index in [9.17, 15) is 22.0 Å². The first-order valence-corrected chi connectivity index (χ1v) is 9.59. The molecule has 172 valence electrons. The van der Waals surface area contributed by atoms with Crippen molar-refractivity contribution in [2.45, 2.75) is 59.9 Å². The second-order valence-corrected chi connectivity index (χ2v) is 7.51. The lowest BCUT2D eigenvalue weighted by atomic mass is 9.84. The zero-order valence-corrected chi connectivity index (χ0v) is 18.1. The Kier molecular flexibility index (Phi) is 9.20. The molecule has 0 aliphatic carbocycles. The number of halogens is 6. The summed E-state index contributed by atoms with van der Waals surface area (Å²) in [7, 11) is 0. The quantitative estimate of drug-likeness (QED) is 0.472. The number of aromatic nitrogens is 2. The van der Waals surface area contributed by atoms with Crippen molar-refractivity contribution in [2.75, 3.05) is 0 Å². The molecule has 0 aliphatic rings. The highest BCUT2D eigenvalue weighted by molar-refractivity contribution is 6.33. The van der Waals surface area contributed by atoms with Crippen LogP contribution in [0.3, 0.4) is 0 Å². The number of carbonyl (C=O) groups excluding carboxylic acids is 2. The lowest BCUT2D eigenvalue weighted by molar-refractivity contribution is -0.211. The third-order valence-electron chi connectivity index (χ3n) is 4.53. The topological polar surface area (TPSA) is 61.2 Å². The summed E-state index contributed by atoms with van der Waals surface area (Å²) in [5.41, 5.74) is -0.527. The minimum Gasteiger partial charge on any atom is -0.434 e. The Labute approximate surface area is 181 Å².